The van der Waals surface area contributed by atoms with Crippen LogP contribution in [0.3, 0.4) is 0 Å². The summed E-state index contributed by atoms with van der Waals surface area (Å²) in [6.07, 6.45) is 4.10. The standard InChI is InChI=1S/C5H9BN2/c6-5(7-8-5)4-2-1-3-4/h4H,1-3,6H2. The van der Waals surface area contributed by atoms with Gasteiger partial charge in [-0.3, -0.25) is 0 Å². The first-order chi connectivity index (χ1) is 3.81. The van der Waals surface area contributed by atoms with Gasteiger partial charge in [0.25, 0.3) is 0 Å². The fourth-order valence-corrected chi connectivity index (χ4v) is 1.20. The second-order valence-corrected chi connectivity index (χ2v) is 2.92. The molecule has 1 heterocycles. The molecular formula is C5H9BN2. The molecule has 1 aliphatic carbocycles. The fraction of sp³-hybridized carbons (Fsp3) is 1.00. The van der Waals surface area contributed by atoms with Gasteiger partial charge in [0.2, 0.25) is 0 Å². The average molecular weight is 108 g/mol. The van der Waals surface area contributed by atoms with Gasteiger partial charge in [-0.05, 0) is 18.8 Å². The highest BCUT2D eigenvalue weighted by Gasteiger charge is 2.45. The van der Waals surface area contributed by atoms with Crippen LogP contribution >= 0.6 is 0 Å². The van der Waals surface area contributed by atoms with Crippen LogP contribution in [0.5, 0.6) is 0 Å². The molecule has 1 fully saturated rings. The fourth-order valence-electron chi connectivity index (χ4n) is 1.20. The lowest BCUT2D eigenvalue weighted by Gasteiger charge is -2.27. The summed E-state index contributed by atoms with van der Waals surface area (Å²) in [6, 6.07) is 0. The molecule has 0 bridgehead atoms. The maximum absolute atomic E-state index is 3.98. The third kappa shape index (κ3) is 0.444. The molecule has 0 radical (unpaired) electrons. The van der Waals surface area contributed by atoms with Crippen molar-refractivity contribution in [3.05, 3.63) is 0 Å². The summed E-state index contributed by atoms with van der Waals surface area (Å²) < 4.78 is 0. The van der Waals surface area contributed by atoms with Gasteiger partial charge in [-0.2, -0.15) is 10.2 Å². The number of nitrogens with zero attached hydrogens (tertiary/aromatic N) is 2. The zero-order chi connectivity index (χ0) is 5.61. The van der Waals surface area contributed by atoms with E-state index in [0.717, 1.165) is 5.92 Å². The Hall–Kier alpha value is -0.335. The van der Waals surface area contributed by atoms with Crippen LogP contribution in [0.15, 0.2) is 10.2 Å². The van der Waals surface area contributed by atoms with Crippen molar-refractivity contribution in [2.45, 2.75) is 24.8 Å². The van der Waals surface area contributed by atoms with Gasteiger partial charge in [-0.1, -0.05) is 6.42 Å². The van der Waals surface area contributed by atoms with Crippen molar-refractivity contribution in [3.8, 4) is 0 Å². The van der Waals surface area contributed by atoms with E-state index in [2.05, 4.69) is 18.1 Å². The molecule has 3 heteroatoms. The molecule has 0 N–H and O–H groups in total. The van der Waals surface area contributed by atoms with E-state index in [9.17, 15) is 0 Å². The van der Waals surface area contributed by atoms with Crippen LogP contribution in [-0.4, -0.2) is 13.4 Å². The quantitative estimate of drug-likeness (QED) is 0.438. The Balaban J connectivity index is 1.97. The minimum atomic E-state index is 0.0955. The van der Waals surface area contributed by atoms with Gasteiger partial charge in [0.05, 0.1) is 0 Å². The summed E-state index contributed by atoms with van der Waals surface area (Å²) in [6.45, 7) is 0. The van der Waals surface area contributed by atoms with Crippen LogP contribution < -0.4 is 0 Å². The van der Waals surface area contributed by atoms with Crippen molar-refractivity contribution in [1.29, 1.82) is 0 Å². The minimum Gasteiger partial charge on any atom is -0.170 e. The van der Waals surface area contributed by atoms with Gasteiger partial charge in [0.15, 0.2) is 13.4 Å². The topological polar surface area (TPSA) is 24.7 Å². The molecule has 0 atom stereocenters. The molecule has 2 rings (SSSR count). The predicted molar refractivity (Wildman–Crippen MR) is 33.5 cm³/mol. The molecule has 1 aliphatic heterocycles. The van der Waals surface area contributed by atoms with E-state index in [1.165, 1.54) is 19.3 Å². The van der Waals surface area contributed by atoms with E-state index in [4.69, 9.17) is 0 Å². The third-order valence-corrected chi connectivity index (χ3v) is 2.29. The highest BCUT2D eigenvalue weighted by atomic mass is 15.4. The van der Waals surface area contributed by atoms with Gasteiger partial charge in [0, 0.05) is 0 Å². The van der Waals surface area contributed by atoms with Gasteiger partial charge in [-0.15, -0.1) is 0 Å². The SMILES string of the molecule is BC1(C2CCC2)N=N1. The summed E-state index contributed by atoms with van der Waals surface area (Å²) in [7, 11) is 2.12. The minimum absolute atomic E-state index is 0.0955. The first-order valence-electron chi connectivity index (χ1n) is 3.25. The smallest absolute Gasteiger partial charge is 0.170 e. The van der Waals surface area contributed by atoms with E-state index in [0.29, 0.717) is 0 Å². The van der Waals surface area contributed by atoms with Crippen molar-refractivity contribution < 1.29 is 0 Å². The lowest BCUT2D eigenvalue weighted by molar-refractivity contribution is 0.282. The van der Waals surface area contributed by atoms with Gasteiger partial charge >= 0.3 is 0 Å². The van der Waals surface area contributed by atoms with Crippen LogP contribution in [0.25, 0.3) is 0 Å². The van der Waals surface area contributed by atoms with E-state index in [-0.39, 0.29) is 5.56 Å². The highest BCUT2D eigenvalue weighted by Crippen LogP contribution is 2.44. The van der Waals surface area contributed by atoms with Gasteiger partial charge in [0.1, 0.15) is 0 Å². The average Bonchev–Trinajstić information content (AvgIpc) is 2.12. The van der Waals surface area contributed by atoms with Crippen molar-refractivity contribution in [1.82, 2.24) is 0 Å². The highest BCUT2D eigenvalue weighted by molar-refractivity contribution is 6.16. The Morgan fingerprint density at radius 2 is 2.00 bits per heavy atom. The Bertz CT molecular complexity index is 133. The molecular weight excluding hydrogens is 98.9 g/mol. The number of hydrogen-bond acceptors (Lipinski definition) is 2. The first kappa shape index (κ1) is 4.53. The molecule has 0 amide bonds. The Morgan fingerprint density at radius 1 is 1.38 bits per heavy atom. The van der Waals surface area contributed by atoms with E-state index in [1.807, 2.05) is 0 Å². The molecule has 0 aromatic carbocycles. The van der Waals surface area contributed by atoms with Crippen molar-refractivity contribution in [2.24, 2.45) is 16.1 Å². The van der Waals surface area contributed by atoms with E-state index < -0.39 is 0 Å². The lowest BCUT2D eigenvalue weighted by Crippen LogP contribution is -2.29. The number of hydrogen-bond donors (Lipinski definition) is 0. The molecule has 0 saturated heterocycles. The number of rotatable bonds is 1. The summed E-state index contributed by atoms with van der Waals surface area (Å²) in [5.74, 6) is 0.808. The Kier molecular flexibility index (Phi) is 0.649. The van der Waals surface area contributed by atoms with Crippen molar-refractivity contribution >= 4 is 7.85 Å². The Labute approximate surface area is 49.8 Å². The van der Waals surface area contributed by atoms with Crippen molar-refractivity contribution in [2.75, 3.05) is 0 Å². The second-order valence-electron chi connectivity index (χ2n) is 2.92. The zero-order valence-corrected chi connectivity index (χ0v) is 5.09. The molecule has 42 valence electrons. The normalized spacial score (nSPS) is 32.0. The summed E-state index contributed by atoms with van der Waals surface area (Å²) in [5.41, 5.74) is 0.0955. The molecule has 0 aromatic rings. The van der Waals surface area contributed by atoms with Crippen molar-refractivity contribution in [3.63, 3.8) is 0 Å². The lowest BCUT2D eigenvalue weighted by atomic mass is 9.69. The Morgan fingerprint density at radius 3 is 2.12 bits per heavy atom. The third-order valence-electron chi connectivity index (χ3n) is 2.29. The molecule has 2 nitrogen and oxygen atoms in total. The molecule has 0 unspecified atom stereocenters. The second kappa shape index (κ2) is 1.15. The molecule has 8 heavy (non-hydrogen) atoms. The van der Waals surface area contributed by atoms with Crippen LogP contribution in [-0.2, 0) is 0 Å². The molecule has 0 aromatic heterocycles. The summed E-state index contributed by atoms with van der Waals surface area (Å²) in [5, 5.41) is 7.96. The van der Waals surface area contributed by atoms with Crippen LogP contribution in [0, 0.1) is 5.92 Å². The van der Waals surface area contributed by atoms with Gasteiger partial charge < -0.3 is 0 Å². The molecule has 0 spiro atoms. The van der Waals surface area contributed by atoms with E-state index >= 15 is 0 Å². The van der Waals surface area contributed by atoms with Gasteiger partial charge in [-0.25, -0.2) is 0 Å². The molecule has 1 saturated carbocycles. The largest absolute Gasteiger partial charge is 0.171 e. The van der Waals surface area contributed by atoms with Crippen LogP contribution in [0.1, 0.15) is 19.3 Å². The monoisotopic (exact) mass is 108 g/mol. The first-order valence-corrected chi connectivity index (χ1v) is 3.25. The van der Waals surface area contributed by atoms with Crippen LogP contribution in [0.4, 0.5) is 0 Å². The van der Waals surface area contributed by atoms with E-state index in [1.54, 1.807) is 0 Å². The molecule has 2 aliphatic rings. The zero-order valence-electron chi connectivity index (χ0n) is 5.09. The maximum atomic E-state index is 3.98. The predicted octanol–water partition coefficient (Wildman–Crippen LogP) is 0.539. The summed E-state index contributed by atoms with van der Waals surface area (Å²) >= 11 is 0. The van der Waals surface area contributed by atoms with Crippen LogP contribution in [0.2, 0.25) is 0 Å². The maximum Gasteiger partial charge on any atom is 0.171 e. The summed E-state index contributed by atoms with van der Waals surface area (Å²) in [4.78, 5) is 0.